The molecule has 1 aromatic heterocycles. The van der Waals surface area contributed by atoms with Crippen molar-refractivity contribution in [2.24, 2.45) is 10.4 Å². The van der Waals surface area contributed by atoms with Crippen LogP contribution in [0.3, 0.4) is 0 Å². The molecule has 1 heterocycles. The fraction of sp³-hybridized carbons (Fsp3) is 0.688. The van der Waals surface area contributed by atoms with E-state index in [1.807, 2.05) is 12.1 Å². The highest BCUT2D eigenvalue weighted by atomic mass is 16.5. The summed E-state index contributed by atoms with van der Waals surface area (Å²) in [5.41, 5.74) is 0.386. The van der Waals surface area contributed by atoms with Gasteiger partial charge in [-0.15, -0.1) is 0 Å². The molecule has 5 heteroatoms. The van der Waals surface area contributed by atoms with E-state index in [4.69, 9.17) is 9.15 Å². The molecule has 1 aliphatic rings. The first kappa shape index (κ1) is 15.9. The smallest absolute Gasteiger partial charge is 0.191 e. The minimum atomic E-state index is 0.386. The number of methoxy groups -OCH3 is 1. The van der Waals surface area contributed by atoms with Crippen LogP contribution in [-0.4, -0.2) is 32.8 Å². The van der Waals surface area contributed by atoms with E-state index in [1.165, 1.54) is 19.3 Å². The van der Waals surface area contributed by atoms with Gasteiger partial charge < -0.3 is 19.8 Å². The summed E-state index contributed by atoms with van der Waals surface area (Å²) >= 11 is 0. The molecule has 0 aliphatic heterocycles. The second-order valence-corrected chi connectivity index (χ2v) is 5.72. The van der Waals surface area contributed by atoms with E-state index in [0.29, 0.717) is 12.0 Å². The summed E-state index contributed by atoms with van der Waals surface area (Å²) in [6.45, 7) is 5.29. The largest absolute Gasteiger partial charge is 0.467 e. The van der Waals surface area contributed by atoms with E-state index >= 15 is 0 Å². The lowest BCUT2D eigenvalue weighted by Gasteiger charge is -2.42. The van der Waals surface area contributed by atoms with E-state index in [2.05, 4.69) is 22.5 Å². The zero-order valence-corrected chi connectivity index (χ0v) is 13.2. The Kier molecular flexibility index (Phi) is 6.11. The number of rotatable bonds is 8. The number of nitrogens with one attached hydrogen (secondary N) is 2. The van der Waals surface area contributed by atoms with Gasteiger partial charge in [0.05, 0.1) is 6.26 Å². The van der Waals surface area contributed by atoms with Crippen LogP contribution in [0.25, 0.3) is 0 Å². The Morgan fingerprint density at radius 2 is 2.29 bits per heavy atom. The van der Waals surface area contributed by atoms with Gasteiger partial charge in [0.1, 0.15) is 12.3 Å². The molecule has 1 aliphatic carbocycles. The van der Waals surface area contributed by atoms with Crippen LogP contribution in [0.15, 0.2) is 27.8 Å². The fourth-order valence-corrected chi connectivity index (χ4v) is 2.68. The van der Waals surface area contributed by atoms with Crippen molar-refractivity contribution in [1.82, 2.24) is 10.6 Å². The number of ether oxygens (including phenoxy) is 1. The molecule has 21 heavy (non-hydrogen) atoms. The first-order valence-electron chi connectivity index (χ1n) is 7.81. The van der Waals surface area contributed by atoms with E-state index in [1.54, 1.807) is 13.4 Å². The fourth-order valence-electron chi connectivity index (χ4n) is 2.68. The van der Waals surface area contributed by atoms with Crippen molar-refractivity contribution >= 4 is 5.96 Å². The predicted octanol–water partition coefficient (Wildman–Crippen LogP) is 2.54. The summed E-state index contributed by atoms with van der Waals surface area (Å²) in [4.78, 5) is 4.57. The summed E-state index contributed by atoms with van der Waals surface area (Å²) in [7, 11) is 1.77. The molecule has 2 rings (SSSR count). The molecule has 0 bridgehead atoms. The van der Waals surface area contributed by atoms with Crippen LogP contribution in [0.5, 0.6) is 0 Å². The maximum Gasteiger partial charge on any atom is 0.191 e. The first-order valence-corrected chi connectivity index (χ1v) is 7.81. The Balaban J connectivity index is 1.85. The van der Waals surface area contributed by atoms with Crippen molar-refractivity contribution in [3.8, 4) is 0 Å². The third-order valence-electron chi connectivity index (χ3n) is 4.20. The molecule has 0 aromatic carbocycles. The minimum absolute atomic E-state index is 0.386. The zero-order chi connectivity index (χ0) is 15.0. The molecule has 0 saturated heterocycles. The van der Waals surface area contributed by atoms with Gasteiger partial charge >= 0.3 is 0 Å². The van der Waals surface area contributed by atoms with Crippen molar-refractivity contribution in [3.05, 3.63) is 24.2 Å². The molecule has 0 radical (unpaired) electrons. The number of guanidine groups is 1. The maximum absolute atomic E-state index is 5.31. The van der Waals surface area contributed by atoms with Crippen molar-refractivity contribution in [2.75, 3.05) is 26.8 Å². The van der Waals surface area contributed by atoms with Crippen molar-refractivity contribution in [3.63, 3.8) is 0 Å². The lowest BCUT2D eigenvalue weighted by atomic mass is 9.67. The third-order valence-corrected chi connectivity index (χ3v) is 4.20. The third kappa shape index (κ3) is 4.77. The highest BCUT2D eigenvalue weighted by Crippen LogP contribution is 2.43. The predicted molar refractivity (Wildman–Crippen MR) is 84.3 cm³/mol. The van der Waals surface area contributed by atoms with Gasteiger partial charge in [0.15, 0.2) is 5.96 Å². The standard InChI is InChI=1S/C16H27N3O2/c1-3-17-15(18-12-14-6-4-10-21-14)19-13-16(7-5-8-16)9-11-20-2/h4,6,10H,3,5,7-9,11-13H2,1-2H3,(H2,17,18,19). The molecule has 0 amide bonds. The molecular weight excluding hydrogens is 266 g/mol. The molecule has 1 saturated carbocycles. The molecule has 1 fully saturated rings. The van der Waals surface area contributed by atoms with Gasteiger partial charge in [0, 0.05) is 26.8 Å². The molecule has 0 atom stereocenters. The molecule has 1 aromatic rings. The normalized spacial score (nSPS) is 17.3. The summed E-state index contributed by atoms with van der Waals surface area (Å²) < 4.78 is 10.6. The molecule has 0 spiro atoms. The Bertz CT molecular complexity index is 425. The van der Waals surface area contributed by atoms with Gasteiger partial charge in [-0.3, -0.25) is 0 Å². The second-order valence-electron chi connectivity index (χ2n) is 5.72. The Labute approximate surface area is 127 Å². The monoisotopic (exact) mass is 293 g/mol. The zero-order valence-electron chi connectivity index (χ0n) is 13.2. The van der Waals surface area contributed by atoms with E-state index < -0.39 is 0 Å². The quantitative estimate of drug-likeness (QED) is 0.571. The molecule has 0 unspecified atom stereocenters. The lowest BCUT2D eigenvalue weighted by Crippen LogP contribution is -2.46. The van der Waals surface area contributed by atoms with Crippen LogP contribution >= 0.6 is 0 Å². The molecule has 118 valence electrons. The summed E-state index contributed by atoms with van der Waals surface area (Å²) in [6, 6.07) is 3.83. The van der Waals surface area contributed by atoms with Crippen LogP contribution in [0, 0.1) is 5.41 Å². The van der Waals surface area contributed by atoms with Crippen LogP contribution in [0.2, 0.25) is 0 Å². The number of nitrogens with zero attached hydrogens (tertiary/aromatic N) is 1. The first-order chi connectivity index (χ1) is 10.3. The number of aliphatic imine (C=N–C) groups is 1. The van der Waals surface area contributed by atoms with Gasteiger partial charge in [0.2, 0.25) is 0 Å². The summed E-state index contributed by atoms with van der Waals surface area (Å²) in [5.74, 6) is 1.74. The van der Waals surface area contributed by atoms with E-state index in [0.717, 1.165) is 37.8 Å². The topological polar surface area (TPSA) is 58.8 Å². The highest BCUT2D eigenvalue weighted by Gasteiger charge is 2.36. The van der Waals surface area contributed by atoms with Gasteiger partial charge in [-0.1, -0.05) is 6.42 Å². The molecule has 5 nitrogen and oxygen atoms in total. The van der Waals surface area contributed by atoms with Gasteiger partial charge in [-0.2, -0.15) is 0 Å². The van der Waals surface area contributed by atoms with Crippen LogP contribution in [0.4, 0.5) is 0 Å². The van der Waals surface area contributed by atoms with Crippen LogP contribution in [-0.2, 0) is 11.3 Å². The van der Waals surface area contributed by atoms with Crippen molar-refractivity contribution in [1.29, 1.82) is 0 Å². The van der Waals surface area contributed by atoms with Gasteiger partial charge in [-0.05, 0) is 43.7 Å². The van der Waals surface area contributed by atoms with Crippen LogP contribution in [0.1, 0.15) is 38.4 Å². The van der Waals surface area contributed by atoms with E-state index in [9.17, 15) is 0 Å². The van der Waals surface area contributed by atoms with Crippen LogP contribution < -0.4 is 10.6 Å². The average Bonchev–Trinajstić information content (AvgIpc) is 2.96. The Morgan fingerprint density at radius 1 is 1.43 bits per heavy atom. The lowest BCUT2D eigenvalue weighted by molar-refractivity contribution is 0.0732. The number of hydrogen-bond donors (Lipinski definition) is 2. The number of hydrogen-bond acceptors (Lipinski definition) is 3. The Morgan fingerprint density at radius 3 is 2.86 bits per heavy atom. The van der Waals surface area contributed by atoms with Crippen molar-refractivity contribution < 1.29 is 9.15 Å². The summed E-state index contributed by atoms with van der Waals surface area (Å²) in [5, 5.41) is 6.76. The van der Waals surface area contributed by atoms with Gasteiger partial charge in [0.25, 0.3) is 0 Å². The average molecular weight is 293 g/mol. The maximum atomic E-state index is 5.31. The number of furan rings is 1. The van der Waals surface area contributed by atoms with Crippen molar-refractivity contribution in [2.45, 2.75) is 39.2 Å². The molecule has 2 N–H and O–H groups in total. The highest BCUT2D eigenvalue weighted by molar-refractivity contribution is 5.79. The summed E-state index contributed by atoms with van der Waals surface area (Å²) in [6.07, 6.45) is 6.68. The minimum Gasteiger partial charge on any atom is -0.467 e. The Hall–Kier alpha value is -1.49. The van der Waals surface area contributed by atoms with E-state index in [-0.39, 0.29) is 0 Å². The second kappa shape index (κ2) is 8.08. The van der Waals surface area contributed by atoms with Gasteiger partial charge in [-0.25, -0.2) is 4.99 Å². The SMILES string of the molecule is CCNC(=NCc1ccco1)NCC1(CCOC)CCC1. The molecular formula is C16H27N3O2.